The molecule has 2 aromatic rings. The molecule has 0 atom stereocenters. The number of nitrogens with two attached hydrogens (primary N) is 1. The Morgan fingerprint density at radius 1 is 1.31 bits per heavy atom. The number of unbranched alkanes of at least 4 members (excludes halogenated alkanes) is 1. The maximum Gasteiger partial charge on any atom is 0.0566 e. The van der Waals surface area contributed by atoms with E-state index in [1.165, 1.54) is 12.8 Å². The number of rotatable bonds is 3. The standard InChI is InChI=1S/C8H7N3.C4H11N/c1-2-7(4-9-3-1)8-5-10-11-6-8;1-2-3-4-5/h1-6H,(H,10,11);2-5H2,1H3. The van der Waals surface area contributed by atoms with Crippen LogP contribution in [-0.4, -0.2) is 21.7 Å². The van der Waals surface area contributed by atoms with Gasteiger partial charge in [-0.25, -0.2) is 0 Å². The number of aromatic nitrogens is 3. The number of hydrogen-bond donors (Lipinski definition) is 2. The second kappa shape index (κ2) is 7.59. The van der Waals surface area contributed by atoms with Gasteiger partial charge in [0.05, 0.1) is 6.20 Å². The molecule has 2 rings (SSSR count). The van der Waals surface area contributed by atoms with Crippen LogP contribution in [0.1, 0.15) is 19.8 Å². The summed E-state index contributed by atoms with van der Waals surface area (Å²) in [5.74, 6) is 0. The third-order valence-corrected chi connectivity index (χ3v) is 2.05. The van der Waals surface area contributed by atoms with Crippen LogP contribution in [0.2, 0.25) is 0 Å². The molecule has 0 aromatic carbocycles. The van der Waals surface area contributed by atoms with Gasteiger partial charge < -0.3 is 5.73 Å². The van der Waals surface area contributed by atoms with E-state index in [0.29, 0.717) is 0 Å². The van der Waals surface area contributed by atoms with Crippen molar-refractivity contribution in [3.8, 4) is 11.1 Å². The molecule has 0 aliphatic carbocycles. The highest BCUT2D eigenvalue weighted by atomic mass is 15.1. The van der Waals surface area contributed by atoms with Crippen LogP contribution < -0.4 is 5.73 Å². The predicted molar refractivity (Wildman–Crippen MR) is 65.8 cm³/mol. The second-order valence-electron chi connectivity index (χ2n) is 3.37. The fourth-order valence-electron chi connectivity index (χ4n) is 1.15. The predicted octanol–water partition coefficient (Wildman–Crippen LogP) is 2.22. The van der Waals surface area contributed by atoms with E-state index in [0.717, 1.165) is 17.7 Å². The van der Waals surface area contributed by atoms with Crippen LogP contribution >= 0.6 is 0 Å². The summed E-state index contributed by atoms with van der Waals surface area (Å²) in [6.07, 6.45) is 9.57. The maximum atomic E-state index is 5.14. The van der Waals surface area contributed by atoms with Crippen molar-refractivity contribution in [2.45, 2.75) is 19.8 Å². The summed E-state index contributed by atoms with van der Waals surface area (Å²) < 4.78 is 0. The molecule has 0 unspecified atom stereocenters. The number of aromatic amines is 1. The van der Waals surface area contributed by atoms with E-state index in [4.69, 9.17) is 5.73 Å². The summed E-state index contributed by atoms with van der Waals surface area (Å²) in [5.41, 5.74) is 7.29. The molecule has 0 bridgehead atoms. The van der Waals surface area contributed by atoms with Gasteiger partial charge in [0, 0.05) is 29.7 Å². The van der Waals surface area contributed by atoms with Crippen LogP contribution in [0.4, 0.5) is 0 Å². The van der Waals surface area contributed by atoms with Gasteiger partial charge in [-0.05, 0) is 19.0 Å². The molecule has 3 N–H and O–H groups in total. The van der Waals surface area contributed by atoms with Gasteiger partial charge in [0.25, 0.3) is 0 Å². The van der Waals surface area contributed by atoms with E-state index >= 15 is 0 Å². The molecule has 4 heteroatoms. The Labute approximate surface area is 95.9 Å². The smallest absolute Gasteiger partial charge is 0.0566 e. The van der Waals surface area contributed by atoms with E-state index < -0.39 is 0 Å². The maximum absolute atomic E-state index is 5.14. The van der Waals surface area contributed by atoms with E-state index in [-0.39, 0.29) is 0 Å². The van der Waals surface area contributed by atoms with Crippen LogP contribution in [0.3, 0.4) is 0 Å². The number of nitrogens with one attached hydrogen (secondary N) is 1. The number of nitrogens with zero attached hydrogens (tertiary/aromatic N) is 2. The van der Waals surface area contributed by atoms with E-state index in [1.54, 1.807) is 12.4 Å². The Kier molecular flexibility index (Phi) is 5.88. The molecule has 0 radical (unpaired) electrons. The number of pyridine rings is 1. The molecule has 0 aliphatic heterocycles. The zero-order chi connectivity index (χ0) is 11.6. The molecule has 0 saturated carbocycles. The average molecular weight is 218 g/mol. The van der Waals surface area contributed by atoms with E-state index in [2.05, 4.69) is 22.1 Å². The minimum atomic E-state index is 0.844. The lowest BCUT2D eigenvalue weighted by molar-refractivity contribution is 0.807. The van der Waals surface area contributed by atoms with Gasteiger partial charge in [-0.2, -0.15) is 5.10 Å². The third kappa shape index (κ3) is 4.23. The van der Waals surface area contributed by atoms with Gasteiger partial charge in [0.1, 0.15) is 0 Å². The summed E-state index contributed by atoms with van der Waals surface area (Å²) in [6, 6.07) is 3.90. The SMILES string of the molecule is CCCCN.c1cncc(-c2cn[nH]c2)c1. The van der Waals surface area contributed by atoms with Crippen molar-refractivity contribution in [1.82, 2.24) is 15.2 Å². The van der Waals surface area contributed by atoms with Crippen LogP contribution in [0.5, 0.6) is 0 Å². The lowest BCUT2D eigenvalue weighted by Crippen LogP contribution is -1.95. The van der Waals surface area contributed by atoms with Crippen molar-refractivity contribution in [1.29, 1.82) is 0 Å². The molecular weight excluding hydrogens is 200 g/mol. The van der Waals surface area contributed by atoms with Gasteiger partial charge in [-0.3, -0.25) is 10.1 Å². The van der Waals surface area contributed by atoms with Crippen molar-refractivity contribution < 1.29 is 0 Å². The molecule has 16 heavy (non-hydrogen) atoms. The first-order valence-corrected chi connectivity index (χ1v) is 5.47. The molecule has 4 nitrogen and oxygen atoms in total. The van der Waals surface area contributed by atoms with Gasteiger partial charge in [0.2, 0.25) is 0 Å². The molecule has 0 aliphatic rings. The molecular formula is C12H18N4. The van der Waals surface area contributed by atoms with Gasteiger partial charge in [-0.15, -0.1) is 0 Å². The highest BCUT2D eigenvalue weighted by Gasteiger charge is 1.95. The largest absolute Gasteiger partial charge is 0.330 e. The van der Waals surface area contributed by atoms with Crippen LogP contribution in [-0.2, 0) is 0 Å². The molecule has 0 amide bonds. The Hall–Kier alpha value is -1.68. The van der Waals surface area contributed by atoms with Gasteiger partial charge in [-0.1, -0.05) is 19.4 Å². The monoisotopic (exact) mass is 218 g/mol. The molecule has 2 aromatic heterocycles. The fourth-order valence-corrected chi connectivity index (χ4v) is 1.15. The first kappa shape index (κ1) is 12.4. The Balaban J connectivity index is 0.000000221. The van der Waals surface area contributed by atoms with Crippen molar-refractivity contribution in [2.75, 3.05) is 6.54 Å². The van der Waals surface area contributed by atoms with Crippen molar-refractivity contribution in [3.05, 3.63) is 36.9 Å². The zero-order valence-electron chi connectivity index (χ0n) is 9.56. The molecule has 0 fully saturated rings. The topological polar surface area (TPSA) is 67.6 Å². The third-order valence-electron chi connectivity index (χ3n) is 2.05. The normalized spacial score (nSPS) is 9.38. The second-order valence-corrected chi connectivity index (χ2v) is 3.37. The minimum absolute atomic E-state index is 0.844. The van der Waals surface area contributed by atoms with Crippen molar-refractivity contribution >= 4 is 0 Å². The van der Waals surface area contributed by atoms with Crippen LogP contribution in [0, 0.1) is 0 Å². The summed E-state index contributed by atoms with van der Waals surface area (Å²) >= 11 is 0. The Morgan fingerprint density at radius 3 is 2.62 bits per heavy atom. The highest BCUT2D eigenvalue weighted by Crippen LogP contribution is 2.14. The van der Waals surface area contributed by atoms with Crippen molar-refractivity contribution in [3.63, 3.8) is 0 Å². The summed E-state index contributed by atoms with van der Waals surface area (Å²) in [4.78, 5) is 4.00. The van der Waals surface area contributed by atoms with Gasteiger partial charge in [0.15, 0.2) is 0 Å². The molecule has 2 heterocycles. The first-order valence-electron chi connectivity index (χ1n) is 5.47. The van der Waals surface area contributed by atoms with E-state index in [9.17, 15) is 0 Å². The van der Waals surface area contributed by atoms with Gasteiger partial charge >= 0.3 is 0 Å². The number of hydrogen-bond acceptors (Lipinski definition) is 3. The minimum Gasteiger partial charge on any atom is -0.330 e. The van der Waals surface area contributed by atoms with Crippen molar-refractivity contribution in [2.24, 2.45) is 5.73 Å². The zero-order valence-corrected chi connectivity index (χ0v) is 9.56. The molecule has 86 valence electrons. The van der Waals surface area contributed by atoms with Crippen LogP contribution in [0.25, 0.3) is 11.1 Å². The quantitative estimate of drug-likeness (QED) is 0.830. The molecule has 0 saturated heterocycles. The lowest BCUT2D eigenvalue weighted by Gasteiger charge is -1.91. The summed E-state index contributed by atoms with van der Waals surface area (Å²) in [7, 11) is 0. The Bertz CT molecular complexity index is 354. The van der Waals surface area contributed by atoms with Crippen LogP contribution in [0.15, 0.2) is 36.9 Å². The summed E-state index contributed by atoms with van der Waals surface area (Å²) in [6.45, 7) is 2.98. The number of H-pyrrole nitrogens is 1. The molecule has 0 spiro atoms. The average Bonchev–Trinajstić information content (AvgIpc) is 2.86. The van der Waals surface area contributed by atoms with E-state index in [1.807, 2.05) is 24.5 Å². The first-order chi connectivity index (χ1) is 7.88. The lowest BCUT2D eigenvalue weighted by atomic mass is 10.2. The highest BCUT2D eigenvalue weighted by molar-refractivity contribution is 5.59. The Morgan fingerprint density at radius 2 is 2.19 bits per heavy atom. The summed E-state index contributed by atoms with van der Waals surface area (Å²) in [5, 5.41) is 6.60. The fraction of sp³-hybridized carbons (Fsp3) is 0.333.